The molecule has 2 aliphatic rings. The highest BCUT2D eigenvalue weighted by atomic mass is 32.2. The minimum atomic E-state index is -4.07. The Morgan fingerprint density at radius 1 is 1.00 bits per heavy atom. The lowest BCUT2D eigenvalue weighted by Crippen LogP contribution is -2.44. The third-order valence-electron chi connectivity index (χ3n) is 6.28. The molecule has 11 heteroatoms. The molecule has 0 N–H and O–H groups in total. The average Bonchev–Trinajstić information content (AvgIpc) is 3.25. The van der Waals surface area contributed by atoms with Crippen LogP contribution in [0.2, 0.25) is 0 Å². The summed E-state index contributed by atoms with van der Waals surface area (Å²) in [5, 5.41) is 0. The van der Waals surface area contributed by atoms with Crippen molar-refractivity contribution >= 4 is 37.3 Å². The summed E-state index contributed by atoms with van der Waals surface area (Å²) in [5.74, 6) is -0.980. The molecule has 0 atom stereocenters. The average molecular weight is 516 g/mol. The van der Waals surface area contributed by atoms with Gasteiger partial charge in [0.15, 0.2) is 0 Å². The van der Waals surface area contributed by atoms with Gasteiger partial charge in [-0.15, -0.1) is 0 Å². The first-order chi connectivity index (χ1) is 16.5. The molecule has 0 aliphatic carbocycles. The van der Waals surface area contributed by atoms with E-state index in [1.54, 1.807) is 30.3 Å². The predicted octanol–water partition coefficient (Wildman–Crippen LogP) is 2.84. The van der Waals surface area contributed by atoms with Crippen LogP contribution in [0, 0.1) is 5.82 Å². The Morgan fingerprint density at radius 3 is 2.46 bits per heavy atom. The lowest BCUT2D eigenvalue weighted by atomic mass is 10.0. The summed E-state index contributed by atoms with van der Waals surface area (Å²) in [7, 11) is -4.81. The molecule has 0 fully saturated rings. The van der Waals surface area contributed by atoms with Crippen LogP contribution in [-0.4, -0.2) is 54.2 Å². The highest BCUT2D eigenvalue weighted by Crippen LogP contribution is 2.43. The van der Waals surface area contributed by atoms with Gasteiger partial charge < -0.3 is 4.90 Å². The third kappa shape index (κ3) is 3.70. The van der Waals surface area contributed by atoms with Crippen LogP contribution < -0.4 is 9.21 Å². The van der Waals surface area contributed by atoms with Crippen LogP contribution in [0.1, 0.15) is 5.56 Å². The van der Waals surface area contributed by atoms with Gasteiger partial charge in [0.25, 0.3) is 10.0 Å². The van der Waals surface area contributed by atoms with Gasteiger partial charge in [0.2, 0.25) is 15.9 Å². The largest absolute Gasteiger partial charge is 0.310 e. The van der Waals surface area contributed by atoms with E-state index in [1.165, 1.54) is 43.3 Å². The number of carbonyl (C=O) groups is 1. The number of amides is 1. The number of benzene rings is 3. The lowest BCUT2D eigenvalue weighted by molar-refractivity contribution is -0.117. The van der Waals surface area contributed by atoms with E-state index in [-0.39, 0.29) is 15.5 Å². The van der Waals surface area contributed by atoms with Gasteiger partial charge in [0, 0.05) is 37.5 Å². The summed E-state index contributed by atoms with van der Waals surface area (Å²) in [5.41, 5.74) is 2.23. The van der Waals surface area contributed by atoms with Crippen LogP contribution in [0.5, 0.6) is 0 Å². The monoisotopic (exact) mass is 515 g/mol. The second-order valence-corrected chi connectivity index (χ2v) is 12.5. The maximum Gasteiger partial charge on any atom is 0.265 e. The van der Waals surface area contributed by atoms with E-state index in [4.69, 9.17) is 0 Å². The first-order valence-electron chi connectivity index (χ1n) is 10.8. The molecule has 0 saturated carbocycles. The highest BCUT2D eigenvalue weighted by molar-refractivity contribution is 7.93. The van der Waals surface area contributed by atoms with Crippen molar-refractivity contribution in [2.75, 3.05) is 36.4 Å². The lowest BCUT2D eigenvalue weighted by Gasteiger charge is -2.32. The third-order valence-corrected chi connectivity index (χ3v) is 9.91. The van der Waals surface area contributed by atoms with Crippen LogP contribution in [0.25, 0.3) is 11.1 Å². The minimum Gasteiger partial charge on any atom is -0.310 e. The van der Waals surface area contributed by atoms with Gasteiger partial charge in [-0.05, 0) is 54.4 Å². The molecule has 0 saturated heterocycles. The number of nitrogens with zero attached hydrogens (tertiary/aromatic N) is 3. The van der Waals surface area contributed by atoms with Crippen LogP contribution in [0.3, 0.4) is 0 Å². The number of sulfonamides is 2. The summed E-state index contributed by atoms with van der Waals surface area (Å²) in [6.45, 7) is -0.188. The first-order valence-corrected chi connectivity index (χ1v) is 13.7. The number of carbonyl (C=O) groups excluding carboxylic acids is 1. The van der Waals surface area contributed by atoms with Crippen LogP contribution in [0.15, 0.2) is 70.5 Å². The molecule has 3 aromatic carbocycles. The molecule has 8 nitrogen and oxygen atoms in total. The predicted molar refractivity (Wildman–Crippen MR) is 130 cm³/mol. The van der Waals surface area contributed by atoms with Gasteiger partial charge in [-0.2, -0.15) is 0 Å². The van der Waals surface area contributed by atoms with Crippen molar-refractivity contribution in [2.45, 2.75) is 16.2 Å². The molecule has 0 spiro atoms. The summed E-state index contributed by atoms with van der Waals surface area (Å²) < 4.78 is 68.0. The summed E-state index contributed by atoms with van der Waals surface area (Å²) in [6.07, 6.45) is 0.440. The topological polar surface area (TPSA) is 95.1 Å². The van der Waals surface area contributed by atoms with E-state index in [1.807, 2.05) is 0 Å². The molecule has 182 valence electrons. The number of fused-ring (bicyclic) bond motifs is 4. The van der Waals surface area contributed by atoms with E-state index >= 15 is 0 Å². The van der Waals surface area contributed by atoms with Crippen LogP contribution >= 0.6 is 0 Å². The first kappa shape index (κ1) is 23.5. The van der Waals surface area contributed by atoms with E-state index in [2.05, 4.69) is 0 Å². The van der Waals surface area contributed by atoms with Gasteiger partial charge in [-0.25, -0.2) is 25.5 Å². The Hall–Kier alpha value is -3.28. The molecular formula is C24H22FN3O5S2. The zero-order valence-electron chi connectivity index (χ0n) is 19.0. The van der Waals surface area contributed by atoms with Gasteiger partial charge in [-0.3, -0.25) is 9.10 Å². The summed E-state index contributed by atoms with van der Waals surface area (Å²) in [4.78, 5) is 15.0. The van der Waals surface area contributed by atoms with Crippen LogP contribution in [0.4, 0.5) is 15.8 Å². The van der Waals surface area contributed by atoms with E-state index in [0.29, 0.717) is 35.3 Å². The Balaban J connectivity index is 1.50. The molecule has 2 aliphatic heterocycles. The quantitative estimate of drug-likeness (QED) is 0.533. The van der Waals surface area contributed by atoms with Crippen LogP contribution in [-0.2, 0) is 31.3 Å². The number of halogens is 1. The molecule has 0 radical (unpaired) electrons. The Morgan fingerprint density at radius 2 is 1.71 bits per heavy atom. The molecule has 5 rings (SSSR count). The molecule has 1 amide bonds. The van der Waals surface area contributed by atoms with Gasteiger partial charge >= 0.3 is 0 Å². The zero-order valence-corrected chi connectivity index (χ0v) is 20.6. The fraction of sp³-hybridized carbons (Fsp3) is 0.208. The standard InChI is InChI=1S/C24H22FN3O5S2/c1-26(2)34(30,31)18-8-10-21-16(13-18)11-12-27(21)24(29)15-28-22-9-7-17(25)14-20(22)19-5-3-4-6-23(19)35(28,32)33/h3-10,13-14H,11-12,15H2,1-2H3. The van der Waals surface area contributed by atoms with E-state index in [9.17, 15) is 26.0 Å². The number of hydrogen-bond acceptors (Lipinski definition) is 5. The van der Waals surface area contributed by atoms with Crippen molar-refractivity contribution in [2.24, 2.45) is 0 Å². The van der Waals surface area contributed by atoms with E-state index < -0.39 is 38.3 Å². The molecule has 0 aromatic heterocycles. The maximum absolute atomic E-state index is 14.1. The highest BCUT2D eigenvalue weighted by Gasteiger charge is 2.38. The number of hydrogen-bond donors (Lipinski definition) is 0. The van der Waals surface area contributed by atoms with Crippen molar-refractivity contribution < 1.29 is 26.0 Å². The van der Waals surface area contributed by atoms with Gasteiger partial charge in [-0.1, -0.05) is 18.2 Å². The Kier molecular flexibility index (Phi) is 5.46. The second-order valence-electron chi connectivity index (χ2n) is 8.54. The van der Waals surface area contributed by atoms with E-state index in [0.717, 1.165) is 14.7 Å². The van der Waals surface area contributed by atoms with Crippen molar-refractivity contribution in [3.05, 3.63) is 72.0 Å². The fourth-order valence-electron chi connectivity index (χ4n) is 4.49. The molecule has 35 heavy (non-hydrogen) atoms. The van der Waals surface area contributed by atoms with Crippen molar-refractivity contribution in [3.8, 4) is 11.1 Å². The second kappa shape index (κ2) is 8.14. The molecular weight excluding hydrogens is 493 g/mol. The molecule has 0 bridgehead atoms. The molecule has 2 heterocycles. The maximum atomic E-state index is 14.1. The van der Waals surface area contributed by atoms with Crippen molar-refractivity contribution in [3.63, 3.8) is 0 Å². The SMILES string of the molecule is CN(C)S(=O)(=O)c1ccc2c(c1)CCN2C(=O)CN1c2ccc(F)cc2-c2ccccc2S1(=O)=O. The fourth-order valence-corrected chi connectivity index (χ4v) is 7.09. The number of anilines is 2. The Bertz CT molecular complexity index is 1590. The Labute approximate surface area is 203 Å². The zero-order chi connectivity index (χ0) is 25.1. The van der Waals surface area contributed by atoms with Crippen molar-refractivity contribution in [1.82, 2.24) is 4.31 Å². The molecule has 3 aromatic rings. The summed E-state index contributed by atoms with van der Waals surface area (Å²) >= 11 is 0. The minimum absolute atomic E-state index is 0.00579. The smallest absolute Gasteiger partial charge is 0.265 e. The van der Waals surface area contributed by atoms with Gasteiger partial charge in [0.05, 0.1) is 15.5 Å². The summed E-state index contributed by atoms with van der Waals surface area (Å²) in [6, 6.07) is 14.6. The number of rotatable bonds is 4. The normalized spacial score (nSPS) is 16.1. The van der Waals surface area contributed by atoms with Crippen molar-refractivity contribution in [1.29, 1.82) is 0 Å². The van der Waals surface area contributed by atoms with Gasteiger partial charge in [0.1, 0.15) is 12.4 Å². The molecule has 0 unspecified atom stereocenters.